The molecule has 3 rings (SSSR count). The second-order valence-electron chi connectivity index (χ2n) is 6.82. The third kappa shape index (κ3) is 4.28. The number of halogens is 1. The molecule has 2 aromatic carbocycles. The second-order valence-corrected chi connectivity index (χ2v) is 6.82. The predicted molar refractivity (Wildman–Crippen MR) is 97.8 cm³/mol. The number of hydrogen-bond acceptors (Lipinski definition) is 2. The summed E-state index contributed by atoms with van der Waals surface area (Å²) in [4.78, 5) is 26.5. The fourth-order valence-corrected chi connectivity index (χ4v) is 3.52. The second kappa shape index (κ2) is 8.13. The monoisotopic (exact) mass is 354 g/mol. The minimum Gasteiger partial charge on any atom is -0.369 e. The molecule has 1 heterocycles. The van der Waals surface area contributed by atoms with E-state index in [0.717, 1.165) is 24.0 Å². The number of likely N-dealkylation sites (tertiary alicyclic amines) is 1. The van der Waals surface area contributed by atoms with Crippen LogP contribution in [0, 0.1) is 11.7 Å². The van der Waals surface area contributed by atoms with Gasteiger partial charge in [0.25, 0.3) is 0 Å². The number of rotatable bonds is 5. The highest BCUT2D eigenvalue weighted by atomic mass is 19.1. The highest BCUT2D eigenvalue weighted by Crippen LogP contribution is 2.26. The lowest BCUT2D eigenvalue weighted by atomic mass is 9.89. The van der Waals surface area contributed by atoms with Gasteiger partial charge in [-0.1, -0.05) is 42.5 Å². The number of carbonyl (C=O) groups excluding carboxylic acids is 2. The van der Waals surface area contributed by atoms with E-state index in [4.69, 9.17) is 5.73 Å². The molecule has 4 nitrogen and oxygen atoms in total. The summed E-state index contributed by atoms with van der Waals surface area (Å²) >= 11 is 0. The van der Waals surface area contributed by atoms with Crippen molar-refractivity contribution in [3.8, 4) is 0 Å². The van der Waals surface area contributed by atoms with Crippen LogP contribution in [0.5, 0.6) is 0 Å². The van der Waals surface area contributed by atoms with Gasteiger partial charge in [0, 0.05) is 13.1 Å². The van der Waals surface area contributed by atoms with E-state index >= 15 is 0 Å². The summed E-state index contributed by atoms with van der Waals surface area (Å²) < 4.78 is 13.2. The van der Waals surface area contributed by atoms with Crippen LogP contribution in [0.3, 0.4) is 0 Å². The SMILES string of the molecule is NC(=O)[C@H]1CCCN(C(=O)[C@@H](Cc2ccc(F)cc2)c2ccccc2)C1. The zero-order valence-corrected chi connectivity index (χ0v) is 14.6. The summed E-state index contributed by atoms with van der Waals surface area (Å²) in [5, 5.41) is 0. The Hall–Kier alpha value is -2.69. The maximum absolute atomic E-state index is 13.2. The Morgan fingerprint density at radius 3 is 2.46 bits per heavy atom. The van der Waals surface area contributed by atoms with Crippen molar-refractivity contribution in [2.75, 3.05) is 13.1 Å². The van der Waals surface area contributed by atoms with E-state index in [2.05, 4.69) is 0 Å². The van der Waals surface area contributed by atoms with E-state index in [1.54, 1.807) is 17.0 Å². The van der Waals surface area contributed by atoms with Gasteiger partial charge in [0.1, 0.15) is 5.82 Å². The summed E-state index contributed by atoms with van der Waals surface area (Å²) in [7, 11) is 0. The molecule has 1 aliphatic heterocycles. The first kappa shape index (κ1) is 18.1. The molecular formula is C21H23FN2O2. The van der Waals surface area contributed by atoms with Crippen molar-refractivity contribution in [3.63, 3.8) is 0 Å². The molecule has 5 heteroatoms. The summed E-state index contributed by atoms with van der Waals surface area (Å²) in [6.07, 6.45) is 1.99. The van der Waals surface area contributed by atoms with E-state index in [0.29, 0.717) is 19.5 Å². The highest BCUT2D eigenvalue weighted by Gasteiger charge is 2.31. The van der Waals surface area contributed by atoms with Gasteiger partial charge in [-0.25, -0.2) is 4.39 Å². The third-order valence-electron chi connectivity index (χ3n) is 4.99. The van der Waals surface area contributed by atoms with Gasteiger partial charge in [-0.05, 0) is 42.5 Å². The number of nitrogens with zero attached hydrogens (tertiary/aromatic N) is 1. The van der Waals surface area contributed by atoms with Gasteiger partial charge < -0.3 is 10.6 Å². The molecule has 0 bridgehead atoms. The molecule has 0 saturated carbocycles. The summed E-state index contributed by atoms with van der Waals surface area (Å²) in [6, 6.07) is 15.8. The smallest absolute Gasteiger partial charge is 0.230 e. The molecule has 2 atom stereocenters. The van der Waals surface area contributed by atoms with Crippen LogP contribution in [0.15, 0.2) is 54.6 Å². The van der Waals surface area contributed by atoms with Crippen molar-refractivity contribution in [3.05, 3.63) is 71.5 Å². The fourth-order valence-electron chi connectivity index (χ4n) is 3.52. The predicted octanol–water partition coefficient (Wildman–Crippen LogP) is 2.88. The van der Waals surface area contributed by atoms with Crippen molar-refractivity contribution >= 4 is 11.8 Å². The van der Waals surface area contributed by atoms with Gasteiger partial charge in [-0.3, -0.25) is 9.59 Å². The number of piperidine rings is 1. The lowest BCUT2D eigenvalue weighted by Crippen LogP contribution is -2.46. The van der Waals surface area contributed by atoms with Crippen molar-refractivity contribution in [1.29, 1.82) is 0 Å². The Morgan fingerprint density at radius 1 is 1.12 bits per heavy atom. The van der Waals surface area contributed by atoms with Gasteiger partial charge in [-0.15, -0.1) is 0 Å². The van der Waals surface area contributed by atoms with E-state index < -0.39 is 0 Å². The van der Waals surface area contributed by atoms with E-state index in [-0.39, 0.29) is 29.5 Å². The number of nitrogens with two attached hydrogens (primary N) is 1. The van der Waals surface area contributed by atoms with Crippen molar-refractivity contribution in [2.24, 2.45) is 11.7 Å². The van der Waals surface area contributed by atoms with E-state index in [1.165, 1.54) is 12.1 Å². The van der Waals surface area contributed by atoms with Crippen molar-refractivity contribution in [1.82, 2.24) is 4.90 Å². The molecule has 0 radical (unpaired) electrons. The highest BCUT2D eigenvalue weighted by molar-refractivity contribution is 5.85. The van der Waals surface area contributed by atoms with Crippen molar-refractivity contribution < 1.29 is 14.0 Å². The Balaban J connectivity index is 1.84. The summed E-state index contributed by atoms with van der Waals surface area (Å²) in [6.45, 7) is 1.01. The minimum absolute atomic E-state index is 0.00789. The normalized spacial score (nSPS) is 18.3. The van der Waals surface area contributed by atoms with Crippen LogP contribution in [0.4, 0.5) is 4.39 Å². The molecule has 1 aliphatic rings. The van der Waals surface area contributed by atoms with Crippen molar-refractivity contribution in [2.45, 2.75) is 25.2 Å². The molecule has 26 heavy (non-hydrogen) atoms. The molecule has 1 fully saturated rings. The van der Waals surface area contributed by atoms with Crippen LogP contribution < -0.4 is 5.73 Å². The maximum Gasteiger partial charge on any atom is 0.230 e. The first-order valence-electron chi connectivity index (χ1n) is 8.92. The molecule has 0 spiro atoms. The van der Waals surface area contributed by atoms with Crippen LogP contribution in [0.25, 0.3) is 0 Å². The standard InChI is InChI=1S/C21H23FN2O2/c22-18-10-8-15(9-11-18)13-19(16-5-2-1-3-6-16)21(26)24-12-4-7-17(14-24)20(23)25/h1-3,5-6,8-11,17,19H,4,7,12-14H2,(H2,23,25)/t17-,19-/m0/s1. The molecule has 2 amide bonds. The molecule has 2 aromatic rings. The summed E-state index contributed by atoms with van der Waals surface area (Å²) in [5.74, 6) is -1.30. The van der Waals surface area contributed by atoms with Gasteiger partial charge in [0.15, 0.2) is 0 Å². The largest absolute Gasteiger partial charge is 0.369 e. The topological polar surface area (TPSA) is 63.4 Å². The number of carbonyl (C=O) groups is 2. The van der Waals surface area contributed by atoms with Gasteiger partial charge in [-0.2, -0.15) is 0 Å². The lowest BCUT2D eigenvalue weighted by Gasteiger charge is -2.34. The number of benzene rings is 2. The molecule has 0 unspecified atom stereocenters. The van der Waals surface area contributed by atoms with Gasteiger partial charge in [0.2, 0.25) is 11.8 Å². The van der Waals surface area contributed by atoms with Crippen LogP contribution in [-0.2, 0) is 16.0 Å². The third-order valence-corrected chi connectivity index (χ3v) is 4.99. The summed E-state index contributed by atoms with van der Waals surface area (Å²) in [5.41, 5.74) is 7.26. The molecule has 2 N–H and O–H groups in total. The Morgan fingerprint density at radius 2 is 1.81 bits per heavy atom. The lowest BCUT2D eigenvalue weighted by molar-refractivity contribution is -0.136. The first-order chi connectivity index (χ1) is 12.5. The number of hydrogen-bond donors (Lipinski definition) is 1. The fraction of sp³-hybridized carbons (Fsp3) is 0.333. The molecule has 0 aliphatic carbocycles. The van der Waals surface area contributed by atoms with Crippen LogP contribution >= 0.6 is 0 Å². The van der Waals surface area contributed by atoms with Crippen LogP contribution in [-0.4, -0.2) is 29.8 Å². The zero-order valence-electron chi connectivity index (χ0n) is 14.6. The number of primary amides is 1. The number of amides is 2. The van der Waals surface area contributed by atoms with E-state index in [1.807, 2.05) is 30.3 Å². The Bertz CT molecular complexity index is 761. The first-order valence-corrected chi connectivity index (χ1v) is 8.92. The average Bonchev–Trinajstić information content (AvgIpc) is 2.68. The average molecular weight is 354 g/mol. The minimum atomic E-state index is -0.367. The Kier molecular flexibility index (Phi) is 5.66. The van der Waals surface area contributed by atoms with Gasteiger partial charge in [0.05, 0.1) is 11.8 Å². The zero-order chi connectivity index (χ0) is 18.5. The van der Waals surface area contributed by atoms with Crippen LogP contribution in [0.2, 0.25) is 0 Å². The quantitative estimate of drug-likeness (QED) is 0.897. The molecular weight excluding hydrogens is 331 g/mol. The Labute approximate surface area is 152 Å². The van der Waals surface area contributed by atoms with Gasteiger partial charge >= 0.3 is 0 Å². The van der Waals surface area contributed by atoms with E-state index in [9.17, 15) is 14.0 Å². The maximum atomic E-state index is 13.2. The molecule has 136 valence electrons. The van der Waals surface area contributed by atoms with Crippen LogP contribution in [0.1, 0.15) is 29.9 Å². The molecule has 0 aromatic heterocycles. The molecule has 1 saturated heterocycles.